The third-order valence-corrected chi connectivity index (χ3v) is 6.20. The summed E-state index contributed by atoms with van der Waals surface area (Å²) in [6.45, 7) is 2.04. The zero-order chi connectivity index (χ0) is 20.8. The molecule has 6 heteroatoms. The fourth-order valence-electron chi connectivity index (χ4n) is 3.69. The second kappa shape index (κ2) is 10.1. The van der Waals surface area contributed by atoms with E-state index in [1.165, 1.54) is 0 Å². The Balaban J connectivity index is 1.80. The molecule has 0 heterocycles. The zero-order valence-corrected chi connectivity index (χ0v) is 18.0. The SMILES string of the molecule is C[C@H](C(=O)NC1CCCC1)N(Cc1ccccc1Cl)C(=O)Cc1ccccc1Cl. The lowest BCUT2D eigenvalue weighted by atomic mass is 10.1. The number of rotatable bonds is 7. The molecule has 3 rings (SSSR count). The number of hydrogen-bond donors (Lipinski definition) is 1. The number of carbonyl (C=O) groups is 2. The molecule has 1 aliphatic rings. The predicted molar refractivity (Wildman–Crippen MR) is 117 cm³/mol. The van der Waals surface area contributed by atoms with E-state index < -0.39 is 6.04 Å². The summed E-state index contributed by atoms with van der Waals surface area (Å²) in [5, 5.41) is 4.22. The molecule has 0 aliphatic heterocycles. The van der Waals surface area contributed by atoms with Crippen molar-refractivity contribution >= 4 is 35.0 Å². The average molecular weight is 433 g/mol. The normalized spacial score (nSPS) is 15.1. The number of carbonyl (C=O) groups excluding carboxylic acids is 2. The highest BCUT2D eigenvalue weighted by Crippen LogP contribution is 2.22. The maximum Gasteiger partial charge on any atom is 0.242 e. The van der Waals surface area contributed by atoms with E-state index in [-0.39, 0.29) is 30.8 Å². The van der Waals surface area contributed by atoms with Crippen molar-refractivity contribution in [3.8, 4) is 0 Å². The Morgan fingerprint density at radius 1 is 1.00 bits per heavy atom. The Labute approximate surface area is 182 Å². The predicted octanol–water partition coefficient (Wildman–Crippen LogP) is 5.01. The Kier molecular flexibility index (Phi) is 7.57. The third-order valence-electron chi connectivity index (χ3n) is 5.47. The molecule has 0 unspecified atom stereocenters. The van der Waals surface area contributed by atoms with Crippen LogP contribution in [-0.2, 0) is 22.6 Å². The number of hydrogen-bond acceptors (Lipinski definition) is 2. The van der Waals surface area contributed by atoms with Crippen LogP contribution in [0.25, 0.3) is 0 Å². The highest BCUT2D eigenvalue weighted by molar-refractivity contribution is 6.31. The van der Waals surface area contributed by atoms with E-state index in [1.54, 1.807) is 24.0 Å². The molecule has 2 amide bonds. The van der Waals surface area contributed by atoms with Gasteiger partial charge in [0.1, 0.15) is 6.04 Å². The van der Waals surface area contributed by atoms with Gasteiger partial charge in [0.25, 0.3) is 0 Å². The molecule has 0 aromatic heterocycles. The molecule has 4 nitrogen and oxygen atoms in total. The lowest BCUT2D eigenvalue weighted by molar-refractivity contribution is -0.140. The number of benzene rings is 2. The first-order valence-corrected chi connectivity index (χ1v) is 10.8. The summed E-state index contributed by atoms with van der Waals surface area (Å²) in [7, 11) is 0. The van der Waals surface area contributed by atoms with E-state index in [9.17, 15) is 9.59 Å². The standard InChI is InChI=1S/C23H26Cl2N2O2/c1-16(23(29)26-19-10-4-5-11-19)27(15-18-9-3-7-13-21(18)25)22(28)14-17-8-2-6-12-20(17)24/h2-3,6-9,12-13,16,19H,4-5,10-11,14-15H2,1H3,(H,26,29)/t16-/m1/s1. The highest BCUT2D eigenvalue weighted by Gasteiger charge is 2.29. The Hall–Kier alpha value is -2.04. The van der Waals surface area contributed by atoms with E-state index in [1.807, 2.05) is 36.4 Å². The van der Waals surface area contributed by atoms with E-state index >= 15 is 0 Å². The van der Waals surface area contributed by atoms with Gasteiger partial charge in [0.05, 0.1) is 6.42 Å². The lowest BCUT2D eigenvalue weighted by Gasteiger charge is -2.30. The molecule has 2 aromatic rings. The molecule has 0 radical (unpaired) electrons. The smallest absolute Gasteiger partial charge is 0.242 e. The van der Waals surface area contributed by atoms with Crippen LogP contribution in [0.5, 0.6) is 0 Å². The molecule has 0 spiro atoms. The van der Waals surface area contributed by atoms with Gasteiger partial charge in [0.15, 0.2) is 0 Å². The summed E-state index contributed by atoms with van der Waals surface area (Å²) in [6, 6.07) is 14.2. The number of nitrogens with one attached hydrogen (secondary N) is 1. The van der Waals surface area contributed by atoms with E-state index in [0.717, 1.165) is 36.8 Å². The third kappa shape index (κ3) is 5.74. The molecule has 1 saturated carbocycles. The topological polar surface area (TPSA) is 49.4 Å². The van der Waals surface area contributed by atoms with Gasteiger partial charge in [-0.05, 0) is 43.0 Å². The van der Waals surface area contributed by atoms with Crippen molar-refractivity contribution in [2.45, 2.75) is 57.7 Å². The summed E-state index contributed by atoms with van der Waals surface area (Å²) >= 11 is 12.6. The first-order chi connectivity index (χ1) is 14.0. The Morgan fingerprint density at radius 2 is 1.55 bits per heavy atom. The van der Waals surface area contributed by atoms with Crippen molar-refractivity contribution in [2.24, 2.45) is 0 Å². The van der Waals surface area contributed by atoms with Gasteiger partial charge in [0, 0.05) is 22.6 Å². The minimum absolute atomic E-state index is 0.128. The summed E-state index contributed by atoms with van der Waals surface area (Å²) in [6.07, 6.45) is 4.39. The summed E-state index contributed by atoms with van der Waals surface area (Å²) in [5.74, 6) is -0.288. The van der Waals surface area contributed by atoms with Gasteiger partial charge in [-0.1, -0.05) is 72.4 Å². The summed E-state index contributed by atoms with van der Waals surface area (Å²) in [5.41, 5.74) is 1.55. The van der Waals surface area contributed by atoms with Crippen LogP contribution in [-0.4, -0.2) is 28.8 Å². The van der Waals surface area contributed by atoms with E-state index in [0.29, 0.717) is 10.0 Å². The number of nitrogens with zero attached hydrogens (tertiary/aromatic N) is 1. The van der Waals surface area contributed by atoms with Gasteiger partial charge in [-0.15, -0.1) is 0 Å². The van der Waals surface area contributed by atoms with Crippen LogP contribution in [0.4, 0.5) is 0 Å². The van der Waals surface area contributed by atoms with Crippen molar-refractivity contribution in [3.63, 3.8) is 0 Å². The highest BCUT2D eigenvalue weighted by atomic mass is 35.5. The summed E-state index contributed by atoms with van der Waals surface area (Å²) < 4.78 is 0. The van der Waals surface area contributed by atoms with Crippen LogP contribution < -0.4 is 5.32 Å². The van der Waals surface area contributed by atoms with Gasteiger partial charge in [-0.25, -0.2) is 0 Å². The average Bonchev–Trinajstić information content (AvgIpc) is 3.21. The first kappa shape index (κ1) is 21.7. The fraction of sp³-hybridized carbons (Fsp3) is 0.391. The monoisotopic (exact) mass is 432 g/mol. The number of halogens is 2. The van der Waals surface area contributed by atoms with Crippen LogP contribution in [0.15, 0.2) is 48.5 Å². The van der Waals surface area contributed by atoms with Crippen LogP contribution in [0.2, 0.25) is 10.0 Å². The van der Waals surface area contributed by atoms with Crippen molar-refractivity contribution < 1.29 is 9.59 Å². The minimum atomic E-state index is -0.609. The van der Waals surface area contributed by atoms with Gasteiger partial charge in [0.2, 0.25) is 11.8 Å². The Morgan fingerprint density at radius 3 is 2.14 bits per heavy atom. The molecule has 1 atom stereocenters. The molecular weight excluding hydrogens is 407 g/mol. The van der Waals surface area contributed by atoms with Gasteiger partial charge in [-0.2, -0.15) is 0 Å². The van der Waals surface area contributed by atoms with Crippen molar-refractivity contribution in [2.75, 3.05) is 0 Å². The minimum Gasteiger partial charge on any atom is -0.352 e. The zero-order valence-electron chi connectivity index (χ0n) is 16.5. The quantitative estimate of drug-likeness (QED) is 0.667. The summed E-state index contributed by atoms with van der Waals surface area (Å²) in [4.78, 5) is 27.7. The van der Waals surface area contributed by atoms with Crippen LogP contribution in [0.3, 0.4) is 0 Å². The van der Waals surface area contributed by atoms with Crippen LogP contribution in [0.1, 0.15) is 43.7 Å². The second-order valence-electron chi connectivity index (χ2n) is 7.55. The molecule has 0 saturated heterocycles. The van der Waals surface area contributed by atoms with Crippen LogP contribution >= 0.6 is 23.2 Å². The van der Waals surface area contributed by atoms with Crippen molar-refractivity contribution in [1.29, 1.82) is 0 Å². The molecule has 29 heavy (non-hydrogen) atoms. The lowest BCUT2D eigenvalue weighted by Crippen LogP contribution is -2.50. The largest absolute Gasteiger partial charge is 0.352 e. The molecular formula is C23H26Cl2N2O2. The fourth-order valence-corrected chi connectivity index (χ4v) is 4.09. The molecule has 154 valence electrons. The van der Waals surface area contributed by atoms with Crippen molar-refractivity contribution in [1.82, 2.24) is 10.2 Å². The van der Waals surface area contributed by atoms with Gasteiger partial charge in [-0.3, -0.25) is 9.59 Å². The van der Waals surface area contributed by atoms with Crippen molar-refractivity contribution in [3.05, 3.63) is 69.7 Å². The van der Waals surface area contributed by atoms with Gasteiger partial charge >= 0.3 is 0 Å². The van der Waals surface area contributed by atoms with Gasteiger partial charge < -0.3 is 10.2 Å². The molecule has 0 bridgehead atoms. The molecule has 1 aliphatic carbocycles. The molecule has 1 fully saturated rings. The van der Waals surface area contributed by atoms with E-state index in [2.05, 4.69) is 5.32 Å². The Bertz CT molecular complexity index is 865. The maximum absolute atomic E-state index is 13.2. The molecule has 1 N–H and O–H groups in total. The van der Waals surface area contributed by atoms with E-state index in [4.69, 9.17) is 23.2 Å². The number of amides is 2. The maximum atomic E-state index is 13.2. The van der Waals surface area contributed by atoms with Crippen LogP contribution in [0, 0.1) is 0 Å². The molecule has 2 aromatic carbocycles. The second-order valence-corrected chi connectivity index (χ2v) is 8.36. The first-order valence-electron chi connectivity index (χ1n) is 10.0.